The molecule has 0 amide bonds. The first-order valence-corrected chi connectivity index (χ1v) is 20.3. The van der Waals surface area contributed by atoms with Crippen molar-refractivity contribution >= 4 is 35.2 Å². The molecule has 1 radical (unpaired) electrons. The van der Waals surface area contributed by atoms with Gasteiger partial charge in [-0.2, -0.15) is 0 Å². The van der Waals surface area contributed by atoms with Gasteiger partial charge >= 0.3 is 0 Å². The molecule has 3 heterocycles. The molecule has 3 nitrogen and oxygen atoms in total. The normalized spacial score (nSPS) is 13.2. The third-order valence-corrected chi connectivity index (χ3v) is 11.3. The maximum absolute atomic E-state index is 14.0. The van der Waals surface area contributed by atoms with Crippen LogP contribution in [0.5, 0.6) is 0 Å². The van der Waals surface area contributed by atoms with E-state index in [-0.39, 0.29) is 25.9 Å². The first-order valence-electron chi connectivity index (χ1n) is 16.8. The molecule has 1 fully saturated rings. The van der Waals surface area contributed by atoms with Gasteiger partial charge in [-0.3, -0.25) is 0 Å². The maximum Gasteiger partial charge on any atom is 0.165 e. The van der Waals surface area contributed by atoms with E-state index in [2.05, 4.69) is 97.6 Å². The molecule has 249 valence electrons. The van der Waals surface area contributed by atoms with Crippen LogP contribution >= 0.6 is 0 Å². The van der Waals surface area contributed by atoms with Crippen molar-refractivity contribution in [1.29, 1.82) is 0 Å². The van der Waals surface area contributed by atoms with Crippen molar-refractivity contribution in [1.82, 2.24) is 9.97 Å². The topological polar surface area (TPSA) is 38.9 Å². The number of para-hydroxylation sites is 1. The zero-order chi connectivity index (χ0) is 33.1. The Kier molecular flexibility index (Phi) is 10.7. The summed E-state index contributed by atoms with van der Waals surface area (Å²) >= 11 is 0. The Hall–Kier alpha value is -4.22. The van der Waals surface area contributed by atoms with E-state index in [4.69, 9.17) is 9.40 Å². The standard InChI is InChI=1S/C23H19FNO.C20H20NSi.Ir/c24-20-7-3-6-18-19-14-17(8-9-22(19)26-23(18)20)21-13-16(10-11-25-21)12-15-4-1-2-5-15;1-22(2,3)20-15-21-19(17-12-8-5-9-13-17)14-18(20)16-10-6-4-7-11-16;/h3,6-7,9-11,13-15H,1-2,4-5,12H2;4-12,14-15H,1-3H3;/q2*-1;. The van der Waals surface area contributed by atoms with Crippen LogP contribution in [0.15, 0.2) is 120 Å². The first-order chi connectivity index (χ1) is 23.3. The summed E-state index contributed by atoms with van der Waals surface area (Å²) < 4.78 is 19.6. The summed E-state index contributed by atoms with van der Waals surface area (Å²) in [5.41, 5.74) is 8.71. The molecule has 0 saturated heterocycles. The summed E-state index contributed by atoms with van der Waals surface area (Å²) in [7, 11) is -1.46. The molecule has 6 heteroatoms. The Balaban J connectivity index is 0.000000169. The van der Waals surface area contributed by atoms with Crippen molar-refractivity contribution in [3.63, 3.8) is 0 Å². The summed E-state index contributed by atoms with van der Waals surface area (Å²) in [6, 6.07) is 40.4. The van der Waals surface area contributed by atoms with Crippen LogP contribution in [-0.4, -0.2) is 18.0 Å². The molecule has 0 aliphatic heterocycles. The number of aromatic nitrogens is 2. The summed E-state index contributed by atoms with van der Waals surface area (Å²) in [5.74, 6) is 0.467. The van der Waals surface area contributed by atoms with Gasteiger partial charge in [0.25, 0.3) is 0 Å². The Morgan fingerprint density at radius 1 is 0.796 bits per heavy atom. The monoisotopic (exact) mass is 839 g/mol. The van der Waals surface area contributed by atoms with E-state index < -0.39 is 8.07 Å². The summed E-state index contributed by atoms with van der Waals surface area (Å²) in [6.07, 6.45) is 10.5. The van der Waals surface area contributed by atoms with E-state index in [1.807, 2.05) is 36.5 Å². The molecule has 49 heavy (non-hydrogen) atoms. The third-order valence-electron chi connectivity index (χ3n) is 9.26. The van der Waals surface area contributed by atoms with E-state index >= 15 is 0 Å². The molecule has 7 aromatic rings. The largest absolute Gasteiger partial charge is 0.497 e. The zero-order valence-electron chi connectivity index (χ0n) is 28.1. The minimum absolute atomic E-state index is 0. The Bertz CT molecular complexity index is 2170. The SMILES string of the molecule is C[Si](C)(C)c1cnc(-c2[c-]cccc2)cc1-c1ccccc1.Fc1cccc2c1oc1c[c-]c(-c3cc(CC4CCCC4)ccn3)cc12.[Ir]. The molecule has 8 rings (SSSR count). The minimum atomic E-state index is -1.46. The second-order valence-corrected chi connectivity index (χ2v) is 18.8. The van der Waals surface area contributed by atoms with Crippen molar-refractivity contribution < 1.29 is 28.9 Å². The van der Waals surface area contributed by atoms with Crippen LogP contribution < -0.4 is 5.19 Å². The molecule has 4 aromatic carbocycles. The molecule has 1 aliphatic rings. The molecule has 0 unspecified atom stereocenters. The number of fused-ring (bicyclic) bond motifs is 3. The quantitative estimate of drug-likeness (QED) is 0.124. The van der Waals surface area contributed by atoms with Crippen LogP contribution in [-0.2, 0) is 26.5 Å². The van der Waals surface area contributed by atoms with Crippen LogP contribution in [0.3, 0.4) is 0 Å². The Labute approximate surface area is 303 Å². The second-order valence-electron chi connectivity index (χ2n) is 13.8. The van der Waals surface area contributed by atoms with Crippen LogP contribution in [0.1, 0.15) is 31.2 Å². The molecule has 1 saturated carbocycles. The van der Waals surface area contributed by atoms with Gasteiger partial charge in [-0.15, -0.1) is 59.7 Å². The van der Waals surface area contributed by atoms with E-state index in [0.717, 1.165) is 45.6 Å². The van der Waals surface area contributed by atoms with Crippen molar-refractivity contribution in [2.24, 2.45) is 5.92 Å². The second kappa shape index (κ2) is 15.1. The molecular weight excluding hydrogens is 800 g/mol. The smallest absolute Gasteiger partial charge is 0.165 e. The van der Waals surface area contributed by atoms with Gasteiger partial charge in [0, 0.05) is 37.9 Å². The number of furan rings is 1. The van der Waals surface area contributed by atoms with Crippen LogP contribution in [0.4, 0.5) is 4.39 Å². The van der Waals surface area contributed by atoms with E-state index in [0.29, 0.717) is 11.2 Å². The van der Waals surface area contributed by atoms with Gasteiger partial charge in [-0.05, 0) is 52.2 Å². The Morgan fingerprint density at radius 2 is 1.57 bits per heavy atom. The number of benzene rings is 4. The van der Waals surface area contributed by atoms with E-state index in [1.54, 1.807) is 12.1 Å². The number of hydrogen-bond acceptors (Lipinski definition) is 3. The van der Waals surface area contributed by atoms with Crippen LogP contribution in [0, 0.1) is 23.9 Å². The van der Waals surface area contributed by atoms with Gasteiger partial charge in [-0.1, -0.05) is 111 Å². The molecule has 0 atom stereocenters. The fourth-order valence-corrected chi connectivity index (χ4v) is 8.24. The van der Waals surface area contributed by atoms with Crippen molar-refractivity contribution in [3.05, 3.63) is 139 Å². The summed E-state index contributed by atoms with van der Waals surface area (Å²) in [5, 5.41) is 3.09. The van der Waals surface area contributed by atoms with Crippen LogP contribution in [0.2, 0.25) is 19.6 Å². The van der Waals surface area contributed by atoms with Crippen molar-refractivity contribution in [2.45, 2.75) is 51.7 Å². The van der Waals surface area contributed by atoms with Crippen LogP contribution in [0.25, 0.3) is 55.6 Å². The zero-order valence-corrected chi connectivity index (χ0v) is 31.5. The molecule has 3 aromatic heterocycles. The molecule has 0 spiro atoms. The van der Waals surface area contributed by atoms with Crippen molar-refractivity contribution in [3.8, 4) is 33.6 Å². The van der Waals surface area contributed by atoms with Crippen molar-refractivity contribution in [2.75, 3.05) is 0 Å². The maximum atomic E-state index is 14.0. The van der Waals surface area contributed by atoms with Gasteiger partial charge < -0.3 is 14.4 Å². The number of pyridine rings is 2. The summed E-state index contributed by atoms with van der Waals surface area (Å²) in [6.45, 7) is 7.10. The molecular formula is C43H39FIrN2OSi-2. The average Bonchev–Trinajstić information content (AvgIpc) is 3.77. The third kappa shape index (κ3) is 7.83. The van der Waals surface area contributed by atoms with Gasteiger partial charge in [0.15, 0.2) is 11.4 Å². The molecule has 0 bridgehead atoms. The van der Waals surface area contributed by atoms with Gasteiger partial charge in [-0.25, -0.2) is 4.39 Å². The van der Waals surface area contributed by atoms with Gasteiger partial charge in [0.2, 0.25) is 0 Å². The molecule has 0 N–H and O–H groups in total. The Morgan fingerprint density at radius 3 is 2.33 bits per heavy atom. The predicted molar refractivity (Wildman–Crippen MR) is 198 cm³/mol. The predicted octanol–water partition coefficient (Wildman–Crippen LogP) is 11.1. The van der Waals surface area contributed by atoms with Gasteiger partial charge in [0.1, 0.15) is 0 Å². The summed E-state index contributed by atoms with van der Waals surface area (Å²) in [4.78, 5) is 9.24. The fraction of sp³-hybridized carbons (Fsp3) is 0.209. The number of halogens is 1. The van der Waals surface area contributed by atoms with Gasteiger partial charge in [0.05, 0.1) is 13.7 Å². The average molecular weight is 839 g/mol. The minimum Gasteiger partial charge on any atom is -0.497 e. The number of nitrogens with zero attached hydrogens (tertiary/aromatic N) is 2. The number of hydrogen-bond donors (Lipinski definition) is 0. The first kappa shape index (κ1) is 34.6. The van der Waals surface area contributed by atoms with E-state index in [1.165, 1.54) is 53.6 Å². The van der Waals surface area contributed by atoms with E-state index in [9.17, 15) is 4.39 Å². The molecule has 1 aliphatic carbocycles. The number of rotatable bonds is 6. The fourth-order valence-electron chi connectivity index (χ4n) is 6.76.